The Morgan fingerprint density at radius 1 is 1.18 bits per heavy atom. The van der Waals surface area contributed by atoms with Gasteiger partial charge in [-0.25, -0.2) is 0 Å². The van der Waals surface area contributed by atoms with Gasteiger partial charge in [-0.1, -0.05) is 11.6 Å². The summed E-state index contributed by atoms with van der Waals surface area (Å²) in [6, 6.07) is 11.8. The fourth-order valence-electron chi connectivity index (χ4n) is 5.35. The first-order valence-electron chi connectivity index (χ1n) is 12.1. The zero-order valence-corrected chi connectivity index (χ0v) is 20.5. The van der Waals surface area contributed by atoms with E-state index in [4.69, 9.17) is 11.6 Å². The number of hydrogen-bond acceptors (Lipinski definition) is 4. The molecule has 2 atom stereocenters. The molecule has 2 unspecified atom stereocenters. The number of pyridine rings is 1. The molecule has 2 N–H and O–H groups in total. The Morgan fingerprint density at radius 3 is 2.79 bits per heavy atom. The van der Waals surface area contributed by atoms with E-state index in [0.29, 0.717) is 33.6 Å². The average Bonchev–Trinajstić information content (AvgIpc) is 3.44. The van der Waals surface area contributed by atoms with Crippen LogP contribution in [-0.2, 0) is 0 Å². The number of carbonyl (C=O) groups is 1. The second kappa shape index (κ2) is 9.43. The average molecular weight is 479 g/mol. The molecule has 1 amide bonds. The Morgan fingerprint density at radius 2 is 2.03 bits per heavy atom. The van der Waals surface area contributed by atoms with Crippen molar-refractivity contribution < 1.29 is 4.79 Å². The van der Waals surface area contributed by atoms with Gasteiger partial charge in [-0.15, -0.1) is 0 Å². The van der Waals surface area contributed by atoms with Crippen LogP contribution in [0.25, 0.3) is 10.9 Å². The first-order valence-corrected chi connectivity index (χ1v) is 12.5. The number of rotatable bonds is 5. The summed E-state index contributed by atoms with van der Waals surface area (Å²) in [5.41, 5.74) is 3.26. The van der Waals surface area contributed by atoms with Gasteiger partial charge in [0.15, 0.2) is 0 Å². The van der Waals surface area contributed by atoms with E-state index in [1.54, 1.807) is 18.2 Å². The van der Waals surface area contributed by atoms with E-state index in [0.717, 1.165) is 18.7 Å². The summed E-state index contributed by atoms with van der Waals surface area (Å²) < 4.78 is 0. The van der Waals surface area contributed by atoms with Gasteiger partial charge in [0, 0.05) is 53.7 Å². The molecular formula is C27H31ClN4O2. The van der Waals surface area contributed by atoms with Crippen LogP contribution in [0, 0.1) is 12.8 Å². The summed E-state index contributed by atoms with van der Waals surface area (Å²) in [6.07, 6.45) is 5.31. The number of H-pyrrole nitrogens is 1. The van der Waals surface area contributed by atoms with E-state index in [1.807, 2.05) is 13.0 Å². The maximum absolute atomic E-state index is 12.9. The number of hydrogen-bond donors (Lipinski definition) is 2. The van der Waals surface area contributed by atoms with Gasteiger partial charge in [-0.2, -0.15) is 0 Å². The van der Waals surface area contributed by atoms with Crippen LogP contribution in [0.5, 0.6) is 0 Å². The summed E-state index contributed by atoms with van der Waals surface area (Å²) >= 11 is 6.00. The van der Waals surface area contributed by atoms with Crippen molar-refractivity contribution in [1.29, 1.82) is 0 Å². The van der Waals surface area contributed by atoms with Crippen molar-refractivity contribution in [2.45, 2.75) is 39.2 Å². The lowest BCUT2D eigenvalue weighted by Gasteiger charge is -2.25. The van der Waals surface area contributed by atoms with Gasteiger partial charge in [0.25, 0.3) is 5.91 Å². The van der Waals surface area contributed by atoms with Crippen molar-refractivity contribution in [3.63, 3.8) is 0 Å². The highest BCUT2D eigenvalue weighted by atomic mass is 35.5. The summed E-state index contributed by atoms with van der Waals surface area (Å²) in [7, 11) is 0. The van der Waals surface area contributed by atoms with Crippen molar-refractivity contribution in [3.8, 4) is 0 Å². The minimum Gasteiger partial charge on any atom is -0.371 e. The minimum absolute atomic E-state index is 0.0804. The molecule has 178 valence electrons. The molecule has 0 radical (unpaired) electrons. The molecule has 3 heterocycles. The van der Waals surface area contributed by atoms with Crippen molar-refractivity contribution in [1.82, 2.24) is 9.88 Å². The SMILES string of the molecule is Cc1cc(N2CCC(CN3CCCC3C)C2)ccc1NC(=O)c1c[nH]c2cc(Cl)ccc2c1=O. The van der Waals surface area contributed by atoms with Gasteiger partial charge in [0.05, 0.1) is 5.52 Å². The number of nitrogens with zero attached hydrogens (tertiary/aromatic N) is 2. The Bertz CT molecular complexity index is 1290. The molecule has 0 bridgehead atoms. The lowest BCUT2D eigenvalue weighted by Crippen LogP contribution is -2.33. The number of amides is 1. The fourth-order valence-corrected chi connectivity index (χ4v) is 5.52. The molecule has 0 spiro atoms. The third-order valence-electron chi connectivity index (χ3n) is 7.38. The second-order valence-corrected chi connectivity index (χ2v) is 10.2. The Hall–Kier alpha value is -2.83. The lowest BCUT2D eigenvalue weighted by atomic mass is 10.1. The van der Waals surface area contributed by atoms with E-state index in [-0.39, 0.29) is 11.0 Å². The maximum atomic E-state index is 12.9. The van der Waals surface area contributed by atoms with E-state index in [9.17, 15) is 9.59 Å². The monoisotopic (exact) mass is 478 g/mol. The normalized spacial score (nSPS) is 20.9. The maximum Gasteiger partial charge on any atom is 0.261 e. The van der Waals surface area contributed by atoms with Crippen molar-refractivity contribution in [2.75, 3.05) is 36.4 Å². The Balaban J connectivity index is 1.27. The summed E-state index contributed by atoms with van der Waals surface area (Å²) in [4.78, 5) is 33.8. The van der Waals surface area contributed by atoms with Gasteiger partial charge < -0.3 is 20.1 Å². The third-order valence-corrected chi connectivity index (χ3v) is 7.62. The van der Waals surface area contributed by atoms with Gasteiger partial charge >= 0.3 is 0 Å². The van der Waals surface area contributed by atoms with E-state index in [2.05, 4.69) is 39.2 Å². The molecule has 1 aromatic heterocycles. The van der Waals surface area contributed by atoms with Crippen LogP contribution in [-0.4, -0.2) is 48.0 Å². The van der Waals surface area contributed by atoms with Gasteiger partial charge in [-0.3, -0.25) is 9.59 Å². The Kier molecular flexibility index (Phi) is 6.36. The number of aromatic nitrogens is 1. The number of nitrogens with one attached hydrogen (secondary N) is 2. The largest absolute Gasteiger partial charge is 0.371 e. The number of halogens is 1. The number of carbonyl (C=O) groups excluding carboxylic acids is 1. The van der Waals surface area contributed by atoms with Crippen LogP contribution in [0.2, 0.25) is 5.02 Å². The van der Waals surface area contributed by atoms with E-state index >= 15 is 0 Å². The highest BCUT2D eigenvalue weighted by Crippen LogP contribution is 2.29. The number of fused-ring (bicyclic) bond motifs is 1. The van der Waals surface area contributed by atoms with E-state index in [1.165, 1.54) is 44.2 Å². The molecule has 2 aliphatic rings. The molecule has 6 nitrogen and oxygen atoms in total. The molecule has 2 aromatic carbocycles. The van der Waals surface area contributed by atoms with Gasteiger partial charge in [-0.05, 0) is 87.5 Å². The summed E-state index contributed by atoms with van der Waals surface area (Å²) in [5, 5.41) is 3.89. The second-order valence-electron chi connectivity index (χ2n) is 9.76. The molecule has 2 fully saturated rings. The third kappa shape index (κ3) is 4.57. The first kappa shape index (κ1) is 22.9. The number of aryl methyl sites for hydroxylation is 1. The van der Waals surface area contributed by atoms with Crippen molar-refractivity contribution in [3.05, 3.63) is 69.0 Å². The highest BCUT2D eigenvalue weighted by Gasteiger charge is 2.28. The predicted molar refractivity (Wildman–Crippen MR) is 139 cm³/mol. The van der Waals surface area contributed by atoms with Crippen LogP contribution in [0.4, 0.5) is 11.4 Å². The smallest absolute Gasteiger partial charge is 0.261 e. The van der Waals surface area contributed by atoms with Crippen molar-refractivity contribution in [2.24, 2.45) is 5.92 Å². The number of anilines is 2. The first-order chi connectivity index (χ1) is 16.4. The highest BCUT2D eigenvalue weighted by molar-refractivity contribution is 6.31. The quantitative estimate of drug-likeness (QED) is 0.538. The van der Waals surface area contributed by atoms with E-state index < -0.39 is 5.91 Å². The molecule has 2 aliphatic heterocycles. The van der Waals surface area contributed by atoms with Gasteiger partial charge in [0.2, 0.25) is 5.43 Å². The van der Waals surface area contributed by atoms with Crippen LogP contribution in [0.3, 0.4) is 0 Å². The Labute approximate surface area is 204 Å². The van der Waals surface area contributed by atoms with Crippen LogP contribution >= 0.6 is 11.6 Å². The molecular weight excluding hydrogens is 448 g/mol. The number of likely N-dealkylation sites (tertiary alicyclic amines) is 1. The molecule has 34 heavy (non-hydrogen) atoms. The molecule has 5 rings (SSSR count). The van der Waals surface area contributed by atoms with Crippen LogP contribution in [0.15, 0.2) is 47.4 Å². The van der Waals surface area contributed by atoms with Gasteiger partial charge in [0.1, 0.15) is 5.56 Å². The van der Waals surface area contributed by atoms with Crippen LogP contribution in [0.1, 0.15) is 42.1 Å². The topological polar surface area (TPSA) is 68.4 Å². The number of aromatic amines is 1. The minimum atomic E-state index is -0.421. The van der Waals surface area contributed by atoms with Crippen LogP contribution < -0.4 is 15.6 Å². The standard InChI is InChI=1S/C27H31ClN4O2/c1-17-12-21(32-11-9-19(16-32)15-31-10-3-4-18(31)2)6-8-24(17)30-27(34)23-14-29-25-13-20(28)5-7-22(25)26(23)33/h5-8,12-14,18-19H,3-4,9-11,15-16H2,1-2H3,(H,29,33)(H,30,34). The lowest BCUT2D eigenvalue weighted by molar-refractivity contribution is 0.102. The fraction of sp³-hybridized carbons (Fsp3) is 0.407. The zero-order valence-electron chi connectivity index (χ0n) is 19.7. The zero-order chi connectivity index (χ0) is 23.8. The molecule has 0 saturated carbocycles. The summed E-state index contributed by atoms with van der Waals surface area (Å²) in [5.74, 6) is 0.282. The molecule has 3 aromatic rings. The predicted octanol–water partition coefficient (Wildman–Crippen LogP) is 5.05. The summed E-state index contributed by atoms with van der Waals surface area (Å²) in [6.45, 7) is 8.90. The molecule has 0 aliphatic carbocycles. The molecule has 2 saturated heterocycles. The number of benzene rings is 2. The molecule has 7 heteroatoms. The van der Waals surface area contributed by atoms with Crippen molar-refractivity contribution >= 4 is 39.8 Å².